The van der Waals surface area contributed by atoms with Gasteiger partial charge in [-0.05, 0) is 32.4 Å². The molecule has 0 unspecified atom stereocenters. The third kappa shape index (κ3) is 5.51. The highest BCUT2D eigenvalue weighted by atomic mass is 16.6. The van der Waals surface area contributed by atoms with Crippen LogP contribution >= 0.6 is 0 Å². The van der Waals surface area contributed by atoms with Crippen LogP contribution in [0.4, 0.5) is 4.79 Å². The Bertz CT molecular complexity index is 807. The van der Waals surface area contributed by atoms with Crippen LogP contribution < -0.4 is 10.6 Å². The molecule has 0 aliphatic heterocycles. The van der Waals surface area contributed by atoms with Gasteiger partial charge in [-0.3, -0.25) is 9.59 Å². The molecule has 0 saturated carbocycles. The number of aliphatic carboxylic acids is 1. The third-order valence-electron chi connectivity index (χ3n) is 3.52. The molecule has 0 bridgehead atoms. The number of hydrogen-bond donors (Lipinski definition) is 4. The van der Waals surface area contributed by atoms with Crippen molar-refractivity contribution in [1.82, 2.24) is 15.6 Å². The normalized spacial score (nSPS) is 12.4. The predicted octanol–water partition coefficient (Wildman–Crippen LogP) is 1.80. The summed E-state index contributed by atoms with van der Waals surface area (Å²) < 4.78 is 5.20. The molecule has 1 aromatic heterocycles. The first-order valence-corrected chi connectivity index (χ1v) is 8.20. The monoisotopic (exact) mass is 361 g/mol. The SMILES string of the molecule is CC(C)(C)OC(=O)N[C@H](Cc1c[nH]c2ccccc12)C(=O)NCC(=O)O. The van der Waals surface area contributed by atoms with Gasteiger partial charge >= 0.3 is 12.1 Å². The molecule has 0 fully saturated rings. The van der Waals surface area contributed by atoms with Crippen molar-refractivity contribution in [3.8, 4) is 0 Å². The number of rotatable bonds is 6. The van der Waals surface area contributed by atoms with Gasteiger partial charge in [0.15, 0.2) is 0 Å². The van der Waals surface area contributed by atoms with Gasteiger partial charge < -0.3 is 25.5 Å². The Labute approximate surface area is 150 Å². The van der Waals surface area contributed by atoms with Crippen molar-refractivity contribution >= 4 is 28.9 Å². The maximum absolute atomic E-state index is 12.4. The number of para-hydroxylation sites is 1. The van der Waals surface area contributed by atoms with Crippen LogP contribution in [0.5, 0.6) is 0 Å². The van der Waals surface area contributed by atoms with Crippen LogP contribution in [0.15, 0.2) is 30.5 Å². The lowest BCUT2D eigenvalue weighted by molar-refractivity contribution is -0.138. The Morgan fingerprint density at radius 3 is 2.58 bits per heavy atom. The zero-order valence-electron chi connectivity index (χ0n) is 15.0. The number of alkyl carbamates (subject to hydrolysis) is 1. The summed E-state index contributed by atoms with van der Waals surface area (Å²) in [7, 11) is 0. The number of aromatic amines is 1. The molecule has 4 N–H and O–H groups in total. The summed E-state index contributed by atoms with van der Waals surface area (Å²) in [5.41, 5.74) is 1.02. The van der Waals surface area contributed by atoms with E-state index in [9.17, 15) is 14.4 Å². The van der Waals surface area contributed by atoms with Gasteiger partial charge in [0.1, 0.15) is 18.2 Å². The summed E-state index contributed by atoms with van der Waals surface area (Å²) in [5.74, 6) is -1.76. The molecular weight excluding hydrogens is 338 g/mol. The number of aromatic nitrogens is 1. The van der Waals surface area contributed by atoms with Crippen LogP contribution in [0.25, 0.3) is 10.9 Å². The standard InChI is InChI=1S/C18H23N3O5/c1-18(2,3)26-17(25)21-14(16(24)20-10-15(22)23)8-11-9-19-13-7-5-4-6-12(11)13/h4-7,9,14,19H,8,10H2,1-3H3,(H,20,24)(H,21,25)(H,22,23)/t14-/m1/s1. The summed E-state index contributed by atoms with van der Waals surface area (Å²) in [6.45, 7) is 4.61. The average molecular weight is 361 g/mol. The number of ether oxygens (including phenoxy) is 1. The van der Waals surface area contributed by atoms with Crippen LogP contribution in [0.2, 0.25) is 0 Å². The Morgan fingerprint density at radius 1 is 1.23 bits per heavy atom. The van der Waals surface area contributed by atoms with Gasteiger partial charge in [-0.25, -0.2) is 4.79 Å². The molecule has 8 heteroatoms. The second-order valence-electron chi connectivity index (χ2n) is 6.87. The van der Waals surface area contributed by atoms with Crippen molar-refractivity contribution in [2.75, 3.05) is 6.54 Å². The van der Waals surface area contributed by atoms with E-state index in [0.29, 0.717) is 0 Å². The van der Waals surface area contributed by atoms with Gasteiger partial charge in [-0.15, -0.1) is 0 Å². The predicted molar refractivity (Wildman–Crippen MR) is 95.8 cm³/mol. The Morgan fingerprint density at radius 2 is 1.92 bits per heavy atom. The fourth-order valence-electron chi connectivity index (χ4n) is 2.47. The Balaban J connectivity index is 2.17. The number of carbonyl (C=O) groups is 3. The van der Waals surface area contributed by atoms with Crippen LogP contribution in [-0.2, 0) is 20.7 Å². The van der Waals surface area contributed by atoms with E-state index in [1.54, 1.807) is 27.0 Å². The first-order valence-electron chi connectivity index (χ1n) is 8.20. The van der Waals surface area contributed by atoms with E-state index in [0.717, 1.165) is 16.5 Å². The average Bonchev–Trinajstić information content (AvgIpc) is 2.93. The first-order chi connectivity index (χ1) is 12.2. The maximum Gasteiger partial charge on any atom is 0.408 e. The Hall–Kier alpha value is -3.03. The topological polar surface area (TPSA) is 121 Å². The maximum atomic E-state index is 12.4. The second kappa shape index (κ2) is 7.90. The molecule has 1 atom stereocenters. The van der Waals surface area contributed by atoms with E-state index in [2.05, 4.69) is 15.6 Å². The minimum absolute atomic E-state index is 0.189. The molecule has 0 aliphatic carbocycles. The zero-order valence-corrected chi connectivity index (χ0v) is 15.0. The minimum atomic E-state index is -1.17. The number of carbonyl (C=O) groups excluding carboxylic acids is 2. The highest BCUT2D eigenvalue weighted by molar-refractivity contribution is 5.89. The van der Waals surface area contributed by atoms with Crippen molar-refractivity contribution in [1.29, 1.82) is 0 Å². The van der Waals surface area contributed by atoms with Crippen LogP contribution in [-0.4, -0.2) is 46.2 Å². The molecule has 26 heavy (non-hydrogen) atoms. The smallest absolute Gasteiger partial charge is 0.408 e. The van der Waals surface area contributed by atoms with E-state index in [1.165, 1.54) is 0 Å². The van der Waals surface area contributed by atoms with Gasteiger partial charge in [0.05, 0.1) is 0 Å². The molecule has 2 amide bonds. The molecule has 0 radical (unpaired) electrons. The van der Waals surface area contributed by atoms with E-state index >= 15 is 0 Å². The lowest BCUT2D eigenvalue weighted by atomic mass is 10.0. The van der Waals surface area contributed by atoms with Crippen LogP contribution in [0.1, 0.15) is 26.3 Å². The van der Waals surface area contributed by atoms with Crippen molar-refractivity contribution in [2.45, 2.75) is 38.8 Å². The third-order valence-corrected chi connectivity index (χ3v) is 3.52. The fourth-order valence-corrected chi connectivity index (χ4v) is 2.47. The molecule has 2 aromatic rings. The van der Waals surface area contributed by atoms with E-state index in [1.807, 2.05) is 24.3 Å². The van der Waals surface area contributed by atoms with Crippen molar-refractivity contribution < 1.29 is 24.2 Å². The van der Waals surface area contributed by atoms with Crippen molar-refractivity contribution in [3.05, 3.63) is 36.0 Å². The molecule has 0 aliphatic rings. The molecule has 0 saturated heterocycles. The largest absolute Gasteiger partial charge is 0.480 e. The number of carboxylic acid groups (broad SMARTS) is 1. The Kier molecular flexibility index (Phi) is 5.86. The van der Waals surface area contributed by atoms with E-state index in [4.69, 9.17) is 9.84 Å². The molecule has 2 rings (SSSR count). The molecule has 0 spiro atoms. The zero-order chi connectivity index (χ0) is 19.3. The number of nitrogens with one attached hydrogen (secondary N) is 3. The lowest BCUT2D eigenvalue weighted by Gasteiger charge is -2.23. The summed E-state index contributed by atoms with van der Waals surface area (Å²) in [6, 6.07) is 6.60. The summed E-state index contributed by atoms with van der Waals surface area (Å²) in [4.78, 5) is 38.2. The highest BCUT2D eigenvalue weighted by Gasteiger charge is 2.25. The van der Waals surface area contributed by atoms with Crippen molar-refractivity contribution in [2.24, 2.45) is 0 Å². The summed E-state index contributed by atoms with van der Waals surface area (Å²) in [6.07, 6.45) is 1.21. The first kappa shape index (κ1) is 19.3. The second-order valence-corrected chi connectivity index (χ2v) is 6.87. The number of amides is 2. The van der Waals surface area contributed by atoms with Gasteiger partial charge in [-0.1, -0.05) is 18.2 Å². The molecule has 1 heterocycles. The van der Waals surface area contributed by atoms with Gasteiger partial charge in [0.2, 0.25) is 5.91 Å². The van der Waals surface area contributed by atoms with Gasteiger partial charge in [-0.2, -0.15) is 0 Å². The highest BCUT2D eigenvalue weighted by Crippen LogP contribution is 2.19. The number of carboxylic acids is 1. The molecular formula is C18H23N3O5. The fraction of sp³-hybridized carbons (Fsp3) is 0.389. The van der Waals surface area contributed by atoms with E-state index in [-0.39, 0.29) is 6.42 Å². The molecule has 1 aromatic carbocycles. The quantitative estimate of drug-likeness (QED) is 0.625. The van der Waals surface area contributed by atoms with E-state index < -0.39 is 36.2 Å². The van der Waals surface area contributed by atoms with Crippen LogP contribution in [0, 0.1) is 0 Å². The molecule has 140 valence electrons. The number of fused-ring (bicyclic) bond motifs is 1. The molecule has 8 nitrogen and oxygen atoms in total. The van der Waals surface area contributed by atoms with Crippen LogP contribution in [0.3, 0.4) is 0 Å². The number of hydrogen-bond acceptors (Lipinski definition) is 4. The van der Waals surface area contributed by atoms with Crippen molar-refractivity contribution in [3.63, 3.8) is 0 Å². The minimum Gasteiger partial charge on any atom is -0.480 e. The summed E-state index contributed by atoms with van der Waals surface area (Å²) in [5, 5.41) is 14.5. The summed E-state index contributed by atoms with van der Waals surface area (Å²) >= 11 is 0. The number of H-pyrrole nitrogens is 1. The van der Waals surface area contributed by atoms with Gasteiger partial charge in [0, 0.05) is 23.5 Å². The lowest BCUT2D eigenvalue weighted by Crippen LogP contribution is -2.50. The van der Waals surface area contributed by atoms with Gasteiger partial charge in [0.25, 0.3) is 0 Å². The number of benzene rings is 1.